The zero-order valence-electron chi connectivity index (χ0n) is 13.4. The average molecular weight is 316 g/mol. The largest absolute Gasteiger partial charge is 0.431 e. The van der Waals surface area contributed by atoms with Crippen LogP contribution in [-0.2, 0) is 5.41 Å². The number of para-hydroxylation sites is 1. The minimum Gasteiger partial charge on any atom is -0.431 e. The molecule has 4 rings (SSSR count). The molecule has 1 fully saturated rings. The number of halogens is 2. The molecule has 0 radical (unpaired) electrons. The fourth-order valence-electron chi connectivity index (χ4n) is 4.28. The number of nitrogens with zero attached hydrogens (tertiary/aromatic N) is 2. The fourth-order valence-corrected chi connectivity index (χ4v) is 4.28. The summed E-state index contributed by atoms with van der Waals surface area (Å²) >= 11 is 0. The molecule has 2 atom stereocenters. The first-order chi connectivity index (χ1) is 10.8. The molecule has 0 aliphatic heterocycles. The maximum atomic E-state index is 13.7. The van der Waals surface area contributed by atoms with Crippen molar-refractivity contribution in [3.05, 3.63) is 47.2 Å². The Balaban J connectivity index is 1.75. The highest BCUT2D eigenvalue weighted by Crippen LogP contribution is 2.67. The van der Waals surface area contributed by atoms with Crippen molar-refractivity contribution < 1.29 is 13.5 Å². The second-order valence-corrected chi connectivity index (χ2v) is 7.28. The van der Waals surface area contributed by atoms with Gasteiger partial charge in [-0.3, -0.25) is 0 Å². The van der Waals surface area contributed by atoms with Crippen LogP contribution in [-0.4, -0.2) is 10.2 Å². The molecule has 23 heavy (non-hydrogen) atoms. The molecule has 0 amide bonds. The van der Waals surface area contributed by atoms with E-state index in [1.807, 2.05) is 0 Å². The zero-order valence-corrected chi connectivity index (χ0v) is 13.4. The van der Waals surface area contributed by atoms with Gasteiger partial charge in [0.25, 0.3) is 0 Å². The Hall–Kier alpha value is -2.04. The van der Waals surface area contributed by atoms with E-state index in [0.29, 0.717) is 5.92 Å². The molecule has 1 saturated carbocycles. The third-order valence-electron chi connectivity index (χ3n) is 6.05. The average Bonchev–Trinajstić information content (AvgIpc) is 2.83. The summed E-state index contributed by atoms with van der Waals surface area (Å²) in [5.74, 6) is -1.41. The van der Waals surface area contributed by atoms with Crippen LogP contribution in [0.1, 0.15) is 50.8 Å². The lowest BCUT2D eigenvalue weighted by atomic mass is 9.70. The van der Waals surface area contributed by atoms with Crippen molar-refractivity contribution in [2.75, 3.05) is 0 Å². The predicted octanol–water partition coefficient (Wildman–Crippen LogP) is 4.72. The monoisotopic (exact) mass is 316 g/mol. The second kappa shape index (κ2) is 4.49. The van der Waals surface area contributed by atoms with E-state index < -0.39 is 17.4 Å². The van der Waals surface area contributed by atoms with Crippen LogP contribution in [0.2, 0.25) is 0 Å². The van der Waals surface area contributed by atoms with Gasteiger partial charge >= 0.3 is 0 Å². The molecular formula is C18H18F2N2O. The molecule has 0 saturated heterocycles. The number of benzene rings is 1. The summed E-state index contributed by atoms with van der Waals surface area (Å²) in [6.07, 6.45) is 2.18. The summed E-state index contributed by atoms with van der Waals surface area (Å²) in [6.45, 7) is 6.73. The van der Waals surface area contributed by atoms with Gasteiger partial charge in [-0.25, -0.2) is 8.78 Å². The molecule has 1 aromatic carbocycles. The molecule has 2 bridgehead atoms. The summed E-state index contributed by atoms with van der Waals surface area (Å²) in [5, 5.41) is 8.40. The van der Waals surface area contributed by atoms with E-state index in [-0.39, 0.29) is 16.7 Å². The molecule has 1 aromatic heterocycles. The molecular weight excluding hydrogens is 298 g/mol. The van der Waals surface area contributed by atoms with E-state index >= 15 is 0 Å². The van der Waals surface area contributed by atoms with Crippen LogP contribution in [0.3, 0.4) is 0 Å². The molecule has 2 aliphatic rings. The lowest BCUT2D eigenvalue weighted by Gasteiger charge is -2.33. The molecule has 2 aliphatic carbocycles. The SMILES string of the molecule is CC1(C)[C@H]2CC[C@]1(C)c1nnc(Oc3c(F)cccc3F)cc12. The fraction of sp³-hybridized carbons (Fsp3) is 0.444. The summed E-state index contributed by atoms with van der Waals surface area (Å²) in [6, 6.07) is 5.41. The standard InChI is InChI=1S/C18H18F2N2O/c1-17(2)11-7-8-18(17,3)16-10(11)9-14(21-22-16)23-15-12(19)5-4-6-13(15)20/h4-6,9,11H,7-8H2,1-3H3/t11-,18+/m0/s1. The number of aromatic nitrogens is 2. The highest BCUT2D eigenvalue weighted by atomic mass is 19.1. The first-order valence-corrected chi connectivity index (χ1v) is 7.84. The topological polar surface area (TPSA) is 35.0 Å². The van der Waals surface area contributed by atoms with E-state index in [1.165, 1.54) is 6.07 Å². The van der Waals surface area contributed by atoms with Crippen LogP contribution in [0.5, 0.6) is 11.6 Å². The van der Waals surface area contributed by atoms with Crippen LogP contribution >= 0.6 is 0 Å². The molecule has 0 N–H and O–H groups in total. The minimum atomic E-state index is -0.749. The van der Waals surface area contributed by atoms with E-state index in [4.69, 9.17) is 4.74 Å². The Bertz CT molecular complexity index is 785. The molecule has 120 valence electrons. The van der Waals surface area contributed by atoms with Gasteiger partial charge in [-0.05, 0) is 41.9 Å². The van der Waals surface area contributed by atoms with Gasteiger partial charge in [-0.1, -0.05) is 26.8 Å². The van der Waals surface area contributed by atoms with Gasteiger partial charge in [0.05, 0.1) is 5.69 Å². The summed E-state index contributed by atoms with van der Waals surface area (Å²) < 4.78 is 32.8. The highest BCUT2D eigenvalue weighted by molar-refractivity contribution is 5.46. The van der Waals surface area contributed by atoms with Gasteiger partial charge in [0.2, 0.25) is 11.6 Å². The van der Waals surface area contributed by atoms with Crippen LogP contribution in [0.4, 0.5) is 8.78 Å². The Morgan fingerprint density at radius 2 is 1.83 bits per heavy atom. The lowest BCUT2D eigenvalue weighted by molar-refractivity contribution is 0.226. The Kier molecular flexibility index (Phi) is 2.84. The van der Waals surface area contributed by atoms with Gasteiger partial charge in [0.1, 0.15) is 0 Å². The van der Waals surface area contributed by atoms with Crippen molar-refractivity contribution in [1.82, 2.24) is 10.2 Å². The molecule has 0 spiro atoms. The maximum absolute atomic E-state index is 13.7. The van der Waals surface area contributed by atoms with Crippen molar-refractivity contribution in [3.8, 4) is 11.6 Å². The summed E-state index contributed by atoms with van der Waals surface area (Å²) in [5.41, 5.74) is 2.21. The van der Waals surface area contributed by atoms with E-state index in [2.05, 4.69) is 31.0 Å². The molecule has 0 unspecified atom stereocenters. The van der Waals surface area contributed by atoms with E-state index in [0.717, 1.165) is 36.2 Å². The van der Waals surface area contributed by atoms with Gasteiger partial charge in [-0.2, -0.15) is 5.10 Å². The number of hydrogen-bond donors (Lipinski definition) is 0. The van der Waals surface area contributed by atoms with Crippen molar-refractivity contribution >= 4 is 0 Å². The number of ether oxygens (including phenoxy) is 1. The number of fused-ring (bicyclic) bond motifs is 5. The van der Waals surface area contributed by atoms with Crippen LogP contribution in [0.25, 0.3) is 0 Å². The van der Waals surface area contributed by atoms with Crippen molar-refractivity contribution in [2.24, 2.45) is 5.41 Å². The van der Waals surface area contributed by atoms with Gasteiger partial charge < -0.3 is 4.74 Å². The smallest absolute Gasteiger partial charge is 0.239 e. The summed E-state index contributed by atoms with van der Waals surface area (Å²) in [4.78, 5) is 0. The number of rotatable bonds is 2. The van der Waals surface area contributed by atoms with E-state index in [9.17, 15) is 8.78 Å². The van der Waals surface area contributed by atoms with Gasteiger partial charge in [-0.15, -0.1) is 5.10 Å². The van der Waals surface area contributed by atoms with Crippen LogP contribution in [0.15, 0.2) is 24.3 Å². The van der Waals surface area contributed by atoms with Gasteiger partial charge in [0.15, 0.2) is 11.6 Å². The van der Waals surface area contributed by atoms with Crippen LogP contribution < -0.4 is 4.74 Å². The van der Waals surface area contributed by atoms with Crippen molar-refractivity contribution in [2.45, 2.75) is 44.9 Å². The number of hydrogen-bond acceptors (Lipinski definition) is 3. The first-order valence-electron chi connectivity index (χ1n) is 7.84. The van der Waals surface area contributed by atoms with Crippen molar-refractivity contribution in [3.63, 3.8) is 0 Å². The minimum absolute atomic E-state index is 0.00176. The van der Waals surface area contributed by atoms with Crippen LogP contribution in [0, 0.1) is 17.0 Å². The van der Waals surface area contributed by atoms with Gasteiger partial charge in [0, 0.05) is 11.5 Å². The molecule has 3 nitrogen and oxygen atoms in total. The summed E-state index contributed by atoms with van der Waals surface area (Å²) in [7, 11) is 0. The predicted molar refractivity (Wildman–Crippen MR) is 81.6 cm³/mol. The molecule has 2 aromatic rings. The Morgan fingerprint density at radius 1 is 1.13 bits per heavy atom. The Labute approximate surface area is 133 Å². The maximum Gasteiger partial charge on any atom is 0.239 e. The van der Waals surface area contributed by atoms with E-state index in [1.54, 1.807) is 6.07 Å². The first kappa shape index (κ1) is 14.5. The zero-order chi connectivity index (χ0) is 16.4. The third-order valence-corrected chi connectivity index (χ3v) is 6.05. The normalized spacial score (nSPS) is 27.1. The quantitative estimate of drug-likeness (QED) is 0.804. The third kappa shape index (κ3) is 1.79. The Morgan fingerprint density at radius 3 is 2.52 bits per heavy atom. The molecule has 5 heteroatoms. The molecule has 1 heterocycles. The second-order valence-electron chi connectivity index (χ2n) is 7.28. The van der Waals surface area contributed by atoms with Crippen molar-refractivity contribution in [1.29, 1.82) is 0 Å². The highest BCUT2D eigenvalue weighted by Gasteiger charge is 2.60. The lowest BCUT2D eigenvalue weighted by Crippen LogP contribution is -2.32.